The third-order valence-electron chi connectivity index (χ3n) is 6.28. The highest BCUT2D eigenvalue weighted by Crippen LogP contribution is 2.50. The Labute approximate surface area is 158 Å². The Kier molecular flexibility index (Phi) is 4.40. The molecule has 1 aromatic carbocycles. The van der Waals surface area contributed by atoms with E-state index in [-0.39, 0.29) is 30.2 Å². The number of halogens is 1. The number of urea groups is 1. The van der Waals surface area contributed by atoms with Gasteiger partial charge in [0.05, 0.1) is 0 Å². The molecule has 2 fully saturated rings. The summed E-state index contributed by atoms with van der Waals surface area (Å²) in [5, 5.41) is 2.87. The van der Waals surface area contributed by atoms with Gasteiger partial charge in [0, 0.05) is 39.0 Å². The lowest BCUT2D eigenvalue weighted by molar-refractivity contribution is -0.131. The van der Waals surface area contributed by atoms with Crippen molar-refractivity contribution in [2.75, 3.05) is 20.1 Å². The van der Waals surface area contributed by atoms with Gasteiger partial charge in [-0.2, -0.15) is 0 Å². The van der Waals surface area contributed by atoms with Gasteiger partial charge < -0.3 is 15.1 Å². The number of likely N-dealkylation sites (tertiary alicyclic amines) is 1. The Morgan fingerprint density at radius 1 is 1.41 bits per heavy atom. The first-order valence-electron chi connectivity index (χ1n) is 9.58. The standard InChI is InChI=1S/C20H25FN4O2/c1-3-17-23-20(18(26)24(17)2)8-7-14-11-25(12-16(14)20)19(27)22-10-13-5-4-6-15(21)9-13/h4-6,9,14,16H,3,7-8,10-12H2,1-2H3,(H,22,27)/t14-,16+,20-/m1/s1. The fourth-order valence-corrected chi connectivity index (χ4v) is 4.88. The Balaban J connectivity index is 1.43. The molecular formula is C20H25FN4O2. The number of carbonyl (C=O) groups is 2. The van der Waals surface area contributed by atoms with Gasteiger partial charge in [-0.3, -0.25) is 9.79 Å². The van der Waals surface area contributed by atoms with Gasteiger partial charge in [-0.15, -0.1) is 0 Å². The van der Waals surface area contributed by atoms with Crippen LogP contribution in [0.4, 0.5) is 9.18 Å². The van der Waals surface area contributed by atoms with E-state index in [1.54, 1.807) is 29.0 Å². The summed E-state index contributed by atoms with van der Waals surface area (Å²) >= 11 is 0. The van der Waals surface area contributed by atoms with Crippen molar-refractivity contribution in [3.05, 3.63) is 35.6 Å². The molecule has 7 heteroatoms. The van der Waals surface area contributed by atoms with Crippen LogP contribution in [0.5, 0.6) is 0 Å². The molecule has 0 unspecified atom stereocenters. The second kappa shape index (κ2) is 6.62. The fraction of sp³-hybridized carbons (Fsp3) is 0.550. The van der Waals surface area contributed by atoms with Crippen molar-refractivity contribution < 1.29 is 14.0 Å². The lowest BCUT2D eigenvalue weighted by Gasteiger charge is -2.27. The fourth-order valence-electron chi connectivity index (χ4n) is 4.88. The molecule has 6 nitrogen and oxygen atoms in total. The molecule has 0 aromatic heterocycles. The highest BCUT2D eigenvalue weighted by Gasteiger charge is 2.60. The van der Waals surface area contributed by atoms with Gasteiger partial charge >= 0.3 is 6.03 Å². The summed E-state index contributed by atoms with van der Waals surface area (Å²) in [5.74, 6) is 0.995. The third kappa shape index (κ3) is 2.89. The van der Waals surface area contributed by atoms with Gasteiger partial charge in [0.1, 0.15) is 17.2 Å². The second-order valence-electron chi connectivity index (χ2n) is 7.77. The van der Waals surface area contributed by atoms with E-state index >= 15 is 0 Å². The van der Waals surface area contributed by atoms with Crippen molar-refractivity contribution in [2.45, 2.75) is 38.3 Å². The van der Waals surface area contributed by atoms with E-state index in [1.165, 1.54) is 12.1 Å². The van der Waals surface area contributed by atoms with E-state index in [2.05, 4.69) is 5.32 Å². The quantitative estimate of drug-likeness (QED) is 0.885. The first-order chi connectivity index (χ1) is 12.9. The largest absolute Gasteiger partial charge is 0.334 e. The van der Waals surface area contributed by atoms with Gasteiger partial charge in [0.25, 0.3) is 5.91 Å². The second-order valence-corrected chi connectivity index (χ2v) is 7.77. The average molecular weight is 372 g/mol. The van der Waals surface area contributed by atoms with Gasteiger partial charge in [-0.1, -0.05) is 19.1 Å². The number of rotatable bonds is 3. The first-order valence-corrected chi connectivity index (χ1v) is 9.58. The zero-order valence-electron chi connectivity index (χ0n) is 15.7. The number of hydrogen-bond acceptors (Lipinski definition) is 3. The molecule has 1 spiro atoms. The van der Waals surface area contributed by atoms with Gasteiger partial charge in [-0.05, 0) is 36.5 Å². The molecular weight excluding hydrogens is 347 g/mol. The van der Waals surface area contributed by atoms with Crippen LogP contribution in [0.3, 0.4) is 0 Å². The van der Waals surface area contributed by atoms with E-state index in [9.17, 15) is 14.0 Å². The normalized spacial score (nSPS) is 29.4. The molecule has 1 saturated carbocycles. The van der Waals surface area contributed by atoms with E-state index in [0.29, 0.717) is 19.0 Å². The maximum absolute atomic E-state index is 13.3. The predicted octanol–water partition coefficient (Wildman–Crippen LogP) is 2.40. The highest BCUT2D eigenvalue weighted by molar-refractivity contribution is 6.08. The number of nitrogens with one attached hydrogen (secondary N) is 1. The number of fused-ring (bicyclic) bond motifs is 2. The molecule has 1 N–H and O–H groups in total. The summed E-state index contributed by atoms with van der Waals surface area (Å²) in [5.41, 5.74) is 0.0477. The number of hydrogen-bond donors (Lipinski definition) is 1. The number of amidine groups is 1. The lowest BCUT2D eigenvalue weighted by Crippen LogP contribution is -2.46. The topological polar surface area (TPSA) is 65.0 Å². The number of likely N-dealkylation sites (N-methyl/N-ethyl adjacent to an activating group) is 1. The number of benzene rings is 1. The molecule has 27 heavy (non-hydrogen) atoms. The van der Waals surface area contributed by atoms with Crippen molar-refractivity contribution in [1.29, 1.82) is 0 Å². The van der Waals surface area contributed by atoms with Crippen LogP contribution in [0.2, 0.25) is 0 Å². The van der Waals surface area contributed by atoms with E-state index in [0.717, 1.165) is 30.7 Å². The molecule has 3 atom stereocenters. The zero-order valence-corrected chi connectivity index (χ0v) is 15.7. The summed E-state index contributed by atoms with van der Waals surface area (Å²) in [6.45, 7) is 3.48. The minimum Gasteiger partial charge on any atom is -0.334 e. The smallest absolute Gasteiger partial charge is 0.317 e. The number of aliphatic imine (C=N–C) groups is 1. The SMILES string of the molecule is CCC1=N[C@@]2(CC[C@@H]3CN(C(=O)NCc4cccc(F)c4)C[C@@H]32)C(=O)N1C. The van der Waals surface area contributed by atoms with Gasteiger partial charge in [0.2, 0.25) is 0 Å². The minimum atomic E-state index is -0.678. The van der Waals surface area contributed by atoms with Crippen LogP contribution >= 0.6 is 0 Å². The molecule has 3 aliphatic rings. The highest BCUT2D eigenvalue weighted by atomic mass is 19.1. The first kappa shape index (κ1) is 17.9. The summed E-state index contributed by atoms with van der Waals surface area (Å²) in [4.78, 5) is 33.8. The molecule has 0 bridgehead atoms. The van der Waals surface area contributed by atoms with Crippen LogP contribution in [-0.4, -0.2) is 53.2 Å². The van der Waals surface area contributed by atoms with Crippen LogP contribution in [-0.2, 0) is 11.3 Å². The summed E-state index contributed by atoms with van der Waals surface area (Å²) in [7, 11) is 1.80. The molecule has 2 aliphatic heterocycles. The van der Waals surface area contributed by atoms with Crippen molar-refractivity contribution >= 4 is 17.8 Å². The Morgan fingerprint density at radius 2 is 2.22 bits per heavy atom. The molecule has 1 aromatic rings. The number of carbonyl (C=O) groups excluding carboxylic acids is 2. The molecule has 4 rings (SSSR count). The van der Waals surface area contributed by atoms with Crippen molar-refractivity contribution in [2.24, 2.45) is 16.8 Å². The monoisotopic (exact) mass is 372 g/mol. The summed E-state index contributed by atoms with van der Waals surface area (Å²) < 4.78 is 13.3. The molecule has 144 valence electrons. The molecule has 1 saturated heterocycles. The van der Waals surface area contributed by atoms with Gasteiger partial charge in [0.15, 0.2) is 0 Å². The van der Waals surface area contributed by atoms with Crippen LogP contribution in [0, 0.1) is 17.7 Å². The van der Waals surface area contributed by atoms with Gasteiger partial charge in [-0.25, -0.2) is 9.18 Å². The van der Waals surface area contributed by atoms with Crippen molar-refractivity contribution in [3.8, 4) is 0 Å². The van der Waals surface area contributed by atoms with Crippen LogP contribution < -0.4 is 5.32 Å². The molecule has 3 amide bonds. The van der Waals surface area contributed by atoms with Crippen molar-refractivity contribution in [3.63, 3.8) is 0 Å². The van der Waals surface area contributed by atoms with E-state index in [4.69, 9.17) is 4.99 Å². The van der Waals surface area contributed by atoms with E-state index in [1.807, 2.05) is 6.92 Å². The Hall–Kier alpha value is -2.44. The maximum atomic E-state index is 13.3. The molecule has 1 aliphatic carbocycles. The van der Waals surface area contributed by atoms with E-state index < -0.39 is 5.54 Å². The average Bonchev–Trinajstić information content (AvgIpc) is 3.30. The summed E-state index contributed by atoms with van der Waals surface area (Å²) in [6, 6.07) is 6.05. The van der Waals surface area contributed by atoms with Crippen LogP contribution in [0.15, 0.2) is 29.3 Å². The Bertz CT molecular complexity index is 811. The van der Waals surface area contributed by atoms with Crippen molar-refractivity contribution in [1.82, 2.24) is 15.1 Å². The lowest BCUT2D eigenvalue weighted by atomic mass is 9.85. The number of amides is 3. The zero-order chi connectivity index (χ0) is 19.2. The predicted molar refractivity (Wildman–Crippen MR) is 99.6 cm³/mol. The minimum absolute atomic E-state index is 0.0777. The third-order valence-corrected chi connectivity index (χ3v) is 6.28. The maximum Gasteiger partial charge on any atom is 0.317 e. The molecule has 0 radical (unpaired) electrons. The summed E-state index contributed by atoms with van der Waals surface area (Å²) in [6.07, 6.45) is 2.42. The Morgan fingerprint density at radius 3 is 2.93 bits per heavy atom. The molecule has 2 heterocycles. The number of nitrogens with zero attached hydrogens (tertiary/aromatic N) is 3. The van der Waals surface area contributed by atoms with Crippen LogP contribution in [0.1, 0.15) is 31.7 Å². The van der Waals surface area contributed by atoms with Crippen LogP contribution in [0.25, 0.3) is 0 Å².